The molecule has 1 amide bonds. The molecule has 0 saturated heterocycles. The van der Waals surface area contributed by atoms with E-state index in [0.29, 0.717) is 16.6 Å². The minimum Gasteiger partial charge on any atom is -0.485 e. The Morgan fingerprint density at radius 2 is 1.96 bits per heavy atom. The van der Waals surface area contributed by atoms with Crippen LogP contribution in [0.15, 0.2) is 53.9 Å². The molecule has 5 nitrogen and oxygen atoms in total. The number of amides is 1. The number of nitrogens with zero attached hydrogens (tertiary/aromatic N) is 1. The zero-order valence-electron chi connectivity index (χ0n) is 14.3. The number of anilines is 1. The summed E-state index contributed by atoms with van der Waals surface area (Å²) in [4.78, 5) is 17.0. The lowest BCUT2D eigenvalue weighted by Crippen LogP contribution is -2.40. The second-order valence-corrected chi connectivity index (χ2v) is 6.80. The lowest BCUT2D eigenvalue weighted by Gasteiger charge is -2.25. The second-order valence-electron chi connectivity index (χ2n) is 5.94. The summed E-state index contributed by atoms with van der Waals surface area (Å²) in [6.45, 7) is 2.31. The number of ether oxygens (including phenoxy) is 2. The predicted octanol–water partition coefficient (Wildman–Crippen LogP) is 4.15. The summed E-state index contributed by atoms with van der Waals surface area (Å²) in [7, 11) is 0. The van der Waals surface area contributed by atoms with Crippen LogP contribution in [-0.2, 0) is 11.2 Å². The predicted molar refractivity (Wildman–Crippen MR) is 102 cm³/mol. The molecule has 0 radical (unpaired) electrons. The molecule has 0 spiro atoms. The van der Waals surface area contributed by atoms with Gasteiger partial charge in [0.25, 0.3) is 5.91 Å². The number of thiazole rings is 1. The maximum Gasteiger partial charge on any atom is 0.270 e. The summed E-state index contributed by atoms with van der Waals surface area (Å²) in [6, 6.07) is 15.6. The quantitative estimate of drug-likeness (QED) is 0.753. The minimum absolute atomic E-state index is 0.180. The Bertz CT molecular complexity index is 921. The van der Waals surface area contributed by atoms with Crippen molar-refractivity contribution in [3.8, 4) is 22.8 Å². The van der Waals surface area contributed by atoms with E-state index in [9.17, 15) is 4.79 Å². The number of nitrogens with one attached hydrogen (secondary N) is 1. The SMILES string of the molecule is CCc1ccc(-c2csc(NC(=O)C3COc4ccccc4O3)n2)cc1. The van der Waals surface area contributed by atoms with Crippen molar-refractivity contribution >= 4 is 22.4 Å². The number of benzene rings is 2. The van der Waals surface area contributed by atoms with Gasteiger partial charge in [0.2, 0.25) is 6.10 Å². The maximum atomic E-state index is 12.5. The fourth-order valence-corrected chi connectivity index (χ4v) is 3.43. The van der Waals surface area contributed by atoms with Gasteiger partial charge in [-0.05, 0) is 24.1 Å². The van der Waals surface area contributed by atoms with E-state index in [1.807, 2.05) is 23.6 Å². The van der Waals surface area contributed by atoms with E-state index >= 15 is 0 Å². The van der Waals surface area contributed by atoms with Crippen LogP contribution in [0.3, 0.4) is 0 Å². The van der Waals surface area contributed by atoms with E-state index in [0.717, 1.165) is 17.7 Å². The number of aryl methyl sites for hydroxylation is 1. The number of hydrogen-bond donors (Lipinski definition) is 1. The molecule has 132 valence electrons. The first-order chi connectivity index (χ1) is 12.7. The summed E-state index contributed by atoms with van der Waals surface area (Å²) < 4.78 is 11.3. The Hall–Kier alpha value is -2.86. The average molecular weight is 366 g/mol. The smallest absolute Gasteiger partial charge is 0.270 e. The van der Waals surface area contributed by atoms with Gasteiger partial charge in [0.05, 0.1) is 5.69 Å². The molecular weight excluding hydrogens is 348 g/mol. The first-order valence-electron chi connectivity index (χ1n) is 8.47. The van der Waals surface area contributed by atoms with Crippen LogP contribution < -0.4 is 14.8 Å². The van der Waals surface area contributed by atoms with Crippen LogP contribution in [0.2, 0.25) is 0 Å². The second kappa shape index (κ2) is 7.17. The molecule has 0 bridgehead atoms. The molecule has 0 saturated carbocycles. The average Bonchev–Trinajstić information content (AvgIpc) is 3.16. The van der Waals surface area contributed by atoms with Crippen molar-refractivity contribution in [2.45, 2.75) is 19.4 Å². The molecule has 1 unspecified atom stereocenters. The Labute approximate surface area is 155 Å². The molecule has 26 heavy (non-hydrogen) atoms. The number of rotatable bonds is 4. The molecule has 0 fully saturated rings. The van der Waals surface area contributed by atoms with Gasteiger partial charge < -0.3 is 9.47 Å². The summed E-state index contributed by atoms with van der Waals surface area (Å²) >= 11 is 1.39. The fourth-order valence-electron chi connectivity index (χ4n) is 2.71. The third-order valence-corrected chi connectivity index (χ3v) is 4.95. The lowest BCUT2D eigenvalue weighted by molar-refractivity contribution is -0.125. The first-order valence-corrected chi connectivity index (χ1v) is 9.35. The van der Waals surface area contributed by atoms with Gasteiger partial charge in [-0.2, -0.15) is 0 Å². The zero-order valence-corrected chi connectivity index (χ0v) is 15.1. The molecule has 1 atom stereocenters. The number of fused-ring (bicyclic) bond motifs is 1. The fraction of sp³-hybridized carbons (Fsp3) is 0.200. The minimum atomic E-state index is -0.693. The van der Waals surface area contributed by atoms with Crippen molar-refractivity contribution in [2.24, 2.45) is 0 Å². The van der Waals surface area contributed by atoms with Gasteiger partial charge in [0, 0.05) is 10.9 Å². The number of hydrogen-bond acceptors (Lipinski definition) is 5. The summed E-state index contributed by atoms with van der Waals surface area (Å²) in [5.74, 6) is 0.972. The van der Waals surface area contributed by atoms with E-state index in [4.69, 9.17) is 9.47 Å². The van der Waals surface area contributed by atoms with Gasteiger partial charge in [-0.25, -0.2) is 4.98 Å². The van der Waals surface area contributed by atoms with Gasteiger partial charge in [-0.15, -0.1) is 11.3 Å². The molecule has 1 N–H and O–H groups in total. The number of carbonyl (C=O) groups excluding carboxylic acids is 1. The standard InChI is InChI=1S/C20H18N2O3S/c1-2-13-7-9-14(10-8-13)15-12-26-20(21-15)22-19(23)18-11-24-16-5-3-4-6-17(16)25-18/h3-10,12,18H,2,11H2,1H3,(H,21,22,23). The highest BCUT2D eigenvalue weighted by molar-refractivity contribution is 7.14. The van der Waals surface area contributed by atoms with E-state index in [2.05, 4.69) is 41.5 Å². The number of para-hydroxylation sites is 2. The highest BCUT2D eigenvalue weighted by Gasteiger charge is 2.27. The lowest BCUT2D eigenvalue weighted by atomic mass is 10.1. The topological polar surface area (TPSA) is 60.5 Å². The van der Waals surface area contributed by atoms with Crippen molar-refractivity contribution in [1.82, 2.24) is 4.98 Å². The molecular formula is C20H18N2O3S. The summed E-state index contributed by atoms with van der Waals surface area (Å²) in [5.41, 5.74) is 3.16. The van der Waals surface area contributed by atoms with Crippen molar-refractivity contribution < 1.29 is 14.3 Å². The largest absolute Gasteiger partial charge is 0.485 e. The highest BCUT2D eigenvalue weighted by atomic mass is 32.1. The van der Waals surface area contributed by atoms with Crippen LogP contribution in [0.4, 0.5) is 5.13 Å². The summed E-state index contributed by atoms with van der Waals surface area (Å²) in [5, 5.41) is 5.30. The van der Waals surface area contributed by atoms with Gasteiger partial charge >= 0.3 is 0 Å². The van der Waals surface area contributed by atoms with Crippen molar-refractivity contribution in [1.29, 1.82) is 0 Å². The van der Waals surface area contributed by atoms with Crippen molar-refractivity contribution in [3.05, 3.63) is 59.5 Å². The third kappa shape index (κ3) is 3.41. The van der Waals surface area contributed by atoms with E-state index in [-0.39, 0.29) is 12.5 Å². The van der Waals surface area contributed by atoms with Crippen LogP contribution in [0.25, 0.3) is 11.3 Å². The van der Waals surface area contributed by atoms with Gasteiger partial charge in [0.1, 0.15) is 6.61 Å². The van der Waals surface area contributed by atoms with E-state index in [1.165, 1.54) is 16.9 Å². The number of carbonyl (C=O) groups is 1. The Morgan fingerprint density at radius 3 is 2.73 bits per heavy atom. The molecule has 0 aliphatic carbocycles. The molecule has 4 rings (SSSR count). The maximum absolute atomic E-state index is 12.5. The van der Waals surface area contributed by atoms with E-state index in [1.54, 1.807) is 6.07 Å². The monoisotopic (exact) mass is 366 g/mol. The molecule has 2 heterocycles. The Balaban J connectivity index is 1.43. The highest BCUT2D eigenvalue weighted by Crippen LogP contribution is 2.31. The Morgan fingerprint density at radius 1 is 1.19 bits per heavy atom. The van der Waals surface area contributed by atoms with Gasteiger partial charge in [-0.1, -0.05) is 43.3 Å². The van der Waals surface area contributed by atoms with Crippen LogP contribution in [0, 0.1) is 0 Å². The molecule has 2 aromatic carbocycles. The van der Waals surface area contributed by atoms with Crippen LogP contribution in [-0.4, -0.2) is 23.6 Å². The molecule has 3 aromatic rings. The Kier molecular flexibility index (Phi) is 4.58. The normalized spacial score (nSPS) is 15.5. The molecule has 1 aliphatic heterocycles. The molecule has 1 aromatic heterocycles. The summed E-state index contributed by atoms with van der Waals surface area (Å²) in [6.07, 6.45) is 0.312. The molecule has 1 aliphatic rings. The van der Waals surface area contributed by atoms with Crippen LogP contribution in [0.5, 0.6) is 11.5 Å². The third-order valence-electron chi connectivity index (χ3n) is 4.19. The van der Waals surface area contributed by atoms with Gasteiger partial charge in [-0.3, -0.25) is 10.1 Å². The van der Waals surface area contributed by atoms with Crippen molar-refractivity contribution in [3.63, 3.8) is 0 Å². The van der Waals surface area contributed by atoms with Crippen LogP contribution >= 0.6 is 11.3 Å². The van der Waals surface area contributed by atoms with Crippen LogP contribution in [0.1, 0.15) is 12.5 Å². The number of aromatic nitrogens is 1. The van der Waals surface area contributed by atoms with Gasteiger partial charge in [0.15, 0.2) is 16.6 Å². The van der Waals surface area contributed by atoms with Crippen molar-refractivity contribution in [2.75, 3.05) is 11.9 Å². The zero-order chi connectivity index (χ0) is 17.9. The van der Waals surface area contributed by atoms with E-state index < -0.39 is 6.10 Å². The molecule has 6 heteroatoms. The first kappa shape index (κ1) is 16.6.